The largest absolute Gasteiger partial charge is 0.492 e. The Labute approximate surface area is 145 Å². The van der Waals surface area contributed by atoms with Crippen molar-refractivity contribution < 1.29 is 13.5 Å². The molecular formula is C20H31F2NO. The molecule has 0 amide bonds. The first-order chi connectivity index (χ1) is 11.6. The molecule has 0 bridgehead atoms. The third-order valence-electron chi connectivity index (χ3n) is 5.00. The molecule has 24 heavy (non-hydrogen) atoms. The lowest BCUT2D eigenvalue weighted by Crippen LogP contribution is -2.35. The van der Waals surface area contributed by atoms with E-state index in [9.17, 15) is 8.78 Å². The molecule has 0 aromatic heterocycles. The molecule has 0 atom stereocenters. The van der Waals surface area contributed by atoms with Gasteiger partial charge in [-0.3, -0.25) is 0 Å². The van der Waals surface area contributed by atoms with E-state index in [-0.39, 0.29) is 5.75 Å². The van der Waals surface area contributed by atoms with E-state index in [4.69, 9.17) is 4.74 Å². The van der Waals surface area contributed by atoms with Crippen LogP contribution in [0.15, 0.2) is 18.2 Å². The summed E-state index contributed by atoms with van der Waals surface area (Å²) in [6, 6.07) is 3.92. The molecule has 0 N–H and O–H groups in total. The van der Waals surface area contributed by atoms with Crippen LogP contribution < -0.4 is 4.74 Å². The van der Waals surface area contributed by atoms with E-state index in [2.05, 4.69) is 11.9 Å². The van der Waals surface area contributed by atoms with Gasteiger partial charge in [0.25, 0.3) is 0 Å². The summed E-state index contributed by atoms with van der Waals surface area (Å²) in [6.07, 6.45) is 13.3. The van der Waals surface area contributed by atoms with E-state index < -0.39 is 11.6 Å². The third-order valence-corrected chi connectivity index (χ3v) is 5.00. The van der Waals surface area contributed by atoms with Crippen molar-refractivity contribution in [3.63, 3.8) is 0 Å². The molecule has 0 spiro atoms. The third kappa shape index (κ3) is 7.16. The summed E-state index contributed by atoms with van der Waals surface area (Å²) in [5, 5.41) is 0. The zero-order chi connectivity index (χ0) is 17.2. The fourth-order valence-corrected chi connectivity index (χ4v) is 3.51. The van der Waals surface area contributed by atoms with Crippen molar-refractivity contribution in [1.82, 2.24) is 4.90 Å². The van der Waals surface area contributed by atoms with Crippen LogP contribution in [0.25, 0.3) is 0 Å². The summed E-state index contributed by atoms with van der Waals surface area (Å²) < 4.78 is 31.9. The molecule has 1 aliphatic carbocycles. The monoisotopic (exact) mass is 339 g/mol. The maximum Gasteiger partial charge on any atom is 0.129 e. The van der Waals surface area contributed by atoms with Crippen LogP contribution >= 0.6 is 0 Å². The Balaban J connectivity index is 1.77. The van der Waals surface area contributed by atoms with Crippen LogP contribution in [-0.2, 0) is 0 Å². The average Bonchev–Trinajstić information content (AvgIpc) is 2.59. The summed E-state index contributed by atoms with van der Waals surface area (Å²) in [5.74, 6) is -0.924. The van der Waals surface area contributed by atoms with E-state index in [0.29, 0.717) is 12.6 Å². The van der Waals surface area contributed by atoms with Crippen LogP contribution in [0.4, 0.5) is 8.78 Å². The molecule has 1 aromatic carbocycles. The second-order valence-corrected chi connectivity index (χ2v) is 6.99. The van der Waals surface area contributed by atoms with Crippen LogP contribution in [0, 0.1) is 11.6 Å². The van der Waals surface area contributed by atoms with Crippen molar-refractivity contribution in [2.45, 2.75) is 70.3 Å². The SMILES string of the molecule is CN(CCOc1cc(F)cc(F)c1)C1CCCCCCCCCC1. The minimum absolute atomic E-state index is 0.267. The molecule has 0 radical (unpaired) electrons. The first-order valence-corrected chi connectivity index (χ1v) is 9.44. The molecule has 0 heterocycles. The molecular weight excluding hydrogens is 308 g/mol. The number of rotatable bonds is 5. The molecule has 4 heteroatoms. The number of nitrogens with zero attached hydrogens (tertiary/aromatic N) is 1. The Morgan fingerprint density at radius 2 is 1.38 bits per heavy atom. The highest BCUT2D eigenvalue weighted by Gasteiger charge is 2.15. The van der Waals surface area contributed by atoms with Gasteiger partial charge in [0.1, 0.15) is 24.0 Å². The van der Waals surface area contributed by atoms with E-state index in [1.165, 1.54) is 76.3 Å². The van der Waals surface area contributed by atoms with Gasteiger partial charge < -0.3 is 9.64 Å². The number of halogens is 2. The normalized spacial score (nSPS) is 18.3. The highest BCUT2D eigenvalue weighted by Crippen LogP contribution is 2.20. The van der Waals surface area contributed by atoms with Crippen molar-refractivity contribution in [2.24, 2.45) is 0 Å². The molecule has 0 unspecified atom stereocenters. The summed E-state index contributed by atoms with van der Waals surface area (Å²) in [6.45, 7) is 1.23. The Morgan fingerprint density at radius 1 is 0.875 bits per heavy atom. The summed E-state index contributed by atoms with van der Waals surface area (Å²) >= 11 is 0. The van der Waals surface area contributed by atoms with Crippen LogP contribution in [0.3, 0.4) is 0 Å². The van der Waals surface area contributed by atoms with Crippen molar-refractivity contribution in [1.29, 1.82) is 0 Å². The standard InChI is InChI=1S/C20H31F2NO/c1-23(12-13-24-20-15-17(21)14-18(22)16-20)19-10-8-6-4-2-3-5-7-9-11-19/h14-16,19H,2-13H2,1H3. The molecule has 1 aromatic rings. The van der Waals surface area contributed by atoms with Crippen LogP contribution in [0.5, 0.6) is 5.75 Å². The summed E-state index contributed by atoms with van der Waals surface area (Å²) in [5.41, 5.74) is 0. The van der Waals surface area contributed by atoms with Crippen LogP contribution in [-0.4, -0.2) is 31.1 Å². The Kier molecular flexibility index (Phi) is 8.51. The van der Waals surface area contributed by atoms with E-state index in [1.54, 1.807) is 0 Å². The Morgan fingerprint density at radius 3 is 1.92 bits per heavy atom. The van der Waals surface area contributed by atoms with Gasteiger partial charge in [-0.2, -0.15) is 0 Å². The van der Waals surface area contributed by atoms with Gasteiger partial charge in [0, 0.05) is 30.8 Å². The zero-order valence-electron chi connectivity index (χ0n) is 14.9. The highest BCUT2D eigenvalue weighted by molar-refractivity contribution is 5.23. The van der Waals surface area contributed by atoms with Gasteiger partial charge in [-0.05, 0) is 19.9 Å². The fraction of sp³-hybridized carbons (Fsp3) is 0.700. The lowest BCUT2D eigenvalue weighted by atomic mass is 10.0. The van der Waals surface area contributed by atoms with Gasteiger partial charge in [-0.25, -0.2) is 8.78 Å². The minimum atomic E-state index is -0.596. The molecule has 0 aliphatic heterocycles. The van der Waals surface area contributed by atoms with Crippen molar-refractivity contribution in [3.05, 3.63) is 29.8 Å². The highest BCUT2D eigenvalue weighted by atomic mass is 19.1. The van der Waals surface area contributed by atoms with Gasteiger partial charge >= 0.3 is 0 Å². The Hall–Kier alpha value is -1.16. The predicted molar refractivity (Wildman–Crippen MR) is 94.4 cm³/mol. The minimum Gasteiger partial charge on any atom is -0.492 e. The molecule has 0 saturated heterocycles. The van der Waals surface area contributed by atoms with Gasteiger partial charge in [0.05, 0.1) is 0 Å². The van der Waals surface area contributed by atoms with Crippen LogP contribution in [0.2, 0.25) is 0 Å². The second kappa shape index (κ2) is 10.7. The zero-order valence-corrected chi connectivity index (χ0v) is 14.9. The molecule has 2 rings (SSSR count). The molecule has 1 fully saturated rings. The quantitative estimate of drug-likeness (QED) is 0.696. The maximum atomic E-state index is 13.2. The van der Waals surface area contributed by atoms with E-state index >= 15 is 0 Å². The number of likely N-dealkylation sites (N-methyl/N-ethyl adjacent to an activating group) is 1. The van der Waals surface area contributed by atoms with Crippen molar-refractivity contribution >= 4 is 0 Å². The predicted octanol–water partition coefficient (Wildman–Crippen LogP) is 5.56. The molecule has 2 nitrogen and oxygen atoms in total. The number of hydrogen-bond acceptors (Lipinski definition) is 2. The fourth-order valence-electron chi connectivity index (χ4n) is 3.51. The molecule has 136 valence electrons. The summed E-state index contributed by atoms with van der Waals surface area (Å²) in [4.78, 5) is 2.35. The summed E-state index contributed by atoms with van der Waals surface area (Å²) in [7, 11) is 2.14. The van der Waals surface area contributed by atoms with E-state index in [0.717, 1.165) is 12.6 Å². The maximum absolute atomic E-state index is 13.2. The smallest absolute Gasteiger partial charge is 0.129 e. The lowest BCUT2D eigenvalue weighted by Gasteiger charge is -2.28. The molecule has 1 saturated carbocycles. The van der Waals surface area contributed by atoms with Crippen molar-refractivity contribution in [2.75, 3.05) is 20.2 Å². The number of hydrogen-bond donors (Lipinski definition) is 0. The number of ether oxygens (including phenoxy) is 1. The second-order valence-electron chi connectivity index (χ2n) is 6.99. The van der Waals surface area contributed by atoms with Gasteiger partial charge in [0.15, 0.2) is 0 Å². The first-order valence-electron chi connectivity index (χ1n) is 9.44. The van der Waals surface area contributed by atoms with Gasteiger partial charge in [0.2, 0.25) is 0 Å². The van der Waals surface area contributed by atoms with Crippen molar-refractivity contribution in [3.8, 4) is 5.75 Å². The van der Waals surface area contributed by atoms with Gasteiger partial charge in [-0.15, -0.1) is 0 Å². The first kappa shape index (κ1) is 19.2. The van der Waals surface area contributed by atoms with Gasteiger partial charge in [-0.1, -0.05) is 51.4 Å². The molecule has 1 aliphatic rings. The van der Waals surface area contributed by atoms with Crippen LogP contribution in [0.1, 0.15) is 64.2 Å². The Bertz CT molecular complexity index is 448. The number of benzene rings is 1. The topological polar surface area (TPSA) is 12.5 Å². The lowest BCUT2D eigenvalue weighted by molar-refractivity contribution is 0.172. The van der Waals surface area contributed by atoms with E-state index in [1.807, 2.05) is 0 Å². The average molecular weight is 339 g/mol.